The highest BCUT2D eigenvalue weighted by Gasteiger charge is 2.03. The van der Waals surface area contributed by atoms with E-state index < -0.39 is 6.09 Å². The molecule has 0 atom stereocenters. The Bertz CT molecular complexity index is 520. The third-order valence-corrected chi connectivity index (χ3v) is 3.55. The molecule has 0 unspecified atom stereocenters. The van der Waals surface area contributed by atoms with Crippen LogP contribution in [-0.2, 0) is 5.75 Å². The summed E-state index contributed by atoms with van der Waals surface area (Å²) in [6, 6.07) is 7.38. The number of carbonyl (C=O) groups is 1. The van der Waals surface area contributed by atoms with Gasteiger partial charge in [0.15, 0.2) is 0 Å². The van der Waals surface area contributed by atoms with E-state index in [4.69, 9.17) is 10.5 Å². The zero-order chi connectivity index (χ0) is 17.5. The Morgan fingerprint density at radius 2 is 2.00 bits per heavy atom. The highest BCUT2D eigenvalue weighted by atomic mass is 32.2. The van der Waals surface area contributed by atoms with Crippen LogP contribution in [-0.4, -0.2) is 19.2 Å². The second kappa shape index (κ2) is 13.7. The number of benzene rings is 1. The van der Waals surface area contributed by atoms with Crippen molar-refractivity contribution in [2.75, 3.05) is 13.1 Å². The lowest BCUT2D eigenvalue weighted by atomic mass is 10.2. The van der Waals surface area contributed by atoms with Crippen molar-refractivity contribution in [3.63, 3.8) is 0 Å². The lowest BCUT2D eigenvalue weighted by molar-refractivity contribution is 0.201. The van der Waals surface area contributed by atoms with E-state index in [0.717, 1.165) is 16.2 Å². The molecule has 1 aromatic carbocycles. The van der Waals surface area contributed by atoms with Gasteiger partial charge in [-0.2, -0.15) is 0 Å². The van der Waals surface area contributed by atoms with Crippen molar-refractivity contribution < 1.29 is 12.4 Å². The van der Waals surface area contributed by atoms with E-state index in [9.17, 15) is 4.79 Å². The molecule has 0 aliphatic rings. The molecule has 3 N–H and O–H groups in total. The molecule has 1 aromatic rings. The summed E-state index contributed by atoms with van der Waals surface area (Å²) in [7, 11) is 0. The van der Waals surface area contributed by atoms with Gasteiger partial charge in [-0.1, -0.05) is 51.3 Å². The van der Waals surface area contributed by atoms with Gasteiger partial charge in [0.1, 0.15) is 5.75 Å². The largest absolute Gasteiger partial charge is 0.412 e. The van der Waals surface area contributed by atoms with Crippen LogP contribution < -0.4 is 15.8 Å². The predicted molar refractivity (Wildman–Crippen MR) is 105 cm³/mol. The summed E-state index contributed by atoms with van der Waals surface area (Å²) >= 11 is 1.67. The maximum absolute atomic E-state index is 11.4. The second-order valence-corrected chi connectivity index (χ2v) is 5.10. The third kappa shape index (κ3) is 9.60. The quantitative estimate of drug-likeness (QED) is 0.672. The lowest BCUT2D eigenvalue weighted by Gasteiger charge is -2.07. The standard InChI is InChI=1S/C16H20N2O2S.C2H6.2H2/c1-3-5-15(4-2)21-12-13-6-8-14(9-7-13)20-16(19)18-11-10-17;1-2;;/h3-9H,1-2,10-12,17H2,(H,18,19);1-2H3;2*1H/b15-5+;;;. The summed E-state index contributed by atoms with van der Waals surface area (Å²) in [4.78, 5) is 12.4. The van der Waals surface area contributed by atoms with Gasteiger partial charge in [0, 0.05) is 26.6 Å². The highest BCUT2D eigenvalue weighted by molar-refractivity contribution is 8.02. The van der Waals surface area contributed by atoms with Gasteiger partial charge in [0.2, 0.25) is 0 Å². The molecule has 0 radical (unpaired) electrons. The Hall–Kier alpha value is -1.98. The molecule has 0 fully saturated rings. The van der Waals surface area contributed by atoms with Crippen LogP contribution in [0.15, 0.2) is 60.6 Å². The van der Waals surface area contributed by atoms with Crippen molar-refractivity contribution in [3.8, 4) is 5.75 Å². The molecule has 0 aliphatic carbocycles. The predicted octanol–water partition coefficient (Wildman–Crippen LogP) is 4.74. The van der Waals surface area contributed by atoms with Crippen LogP contribution in [0.4, 0.5) is 4.79 Å². The van der Waals surface area contributed by atoms with Gasteiger partial charge in [-0.15, -0.1) is 11.8 Å². The number of hydrogen-bond acceptors (Lipinski definition) is 4. The summed E-state index contributed by atoms with van der Waals surface area (Å²) < 4.78 is 5.10. The molecule has 0 spiro atoms. The number of amides is 1. The lowest BCUT2D eigenvalue weighted by Crippen LogP contribution is -2.31. The average Bonchev–Trinajstić information content (AvgIpc) is 2.59. The summed E-state index contributed by atoms with van der Waals surface area (Å²) in [5, 5.41) is 2.54. The third-order valence-electron chi connectivity index (χ3n) is 2.44. The van der Waals surface area contributed by atoms with E-state index in [1.165, 1.54) is 0 Å². The van der Waals surface area contributed by atoms with E-state index in [2.05, 4.69) is 18.5 Å². The minimum absolute atomic E-state index is 0. The Labute approximate surface area is 146 Å². The topological polar surface area (TPSA) is 64.3 Å². The minimum atomic E-state index is -0.495. The molecule has 23 heavy (non-hydrogen) atoms. The zero-order valence-corrected chi connectivity index (χ0v) is 14.7. The number of thioether (sulfide) groups is 1. The van der Waals surface area contributed by atoms with Crippen LogP contribution in [0.1, 0.15) is 22.3 Å². The van der Waals surface area contributed by atoms with E-state index in [0.29, 0.717) is 18.8 Å². The second-order valence-electron chi connectivity index (χ2n) is 4.05. The van der Waals surface area contributed by atoms with Crippen molar-refractivity contribution in [1.29, 1.82) is 0 Å². The van der Waals surface area contributed by atoms with Gasteiger partial charge in [0.05, 0.1) is 0 Å². The van der Waals surface area contributed by atoms with Crippen molar-refractivity contribution in [2.24, 2.45) is 5.73 Å². The fourth-order valence-corrected chi connectivity index (χ4v) is 2.27. The van der Waals surface area contributed by atoms with Crippen LogP contribution >= 0.6 is 11.8 Å². The van der Waals surface area contributed by atoms with E-state index in [-0.39, 0.29) is 2.85 Å². The molecule has 0 aromatic heterocycles. The SMILES string of the molecule is C=C/C=C(\C=C)SCc1ccc(OC(=O)NCCN)cc1.CC.[HH].[HH]. The molecule has 0 saturated carbocycles. The van der Waals surface area contributed by atoms with Gasteiger partial charge in [-0.3, -0.25) is 0 Å². The maximum Gasteiger partial charge on any atom is 0.412 e. The average molecular weight is 339 g/mol. The van der Waals surface area contributed by atoms with Crippen LogP contribution in [0.25, 0.3) is 0 Å². The molecular formula is C18H30N2O2S. The Kier molecular flexibility index (Phi) is 12.5. The first-order chi connectivity index (χ1) is 11.2. The molecule has 0 bridgehead atoms. The maximum atomic E-state index is 11.4. The molecule has 5 heteroatoms. The van der Waals surface area contributed by atoms with E-state index >= 15 is 0 Å². The Morgan fingerprint density at radius 1 is 1.35 bits per heavy atom. The summed E-state index contributed by atoms with van der Waals surface area (Å²) in [5.74, 6) is 1.31. The smallest absolute Gasteiger partial charge is 0.410 e. The summed E-state index contributed by atoms with van der Waals surface area (Å²) in [5.41, 5.74) is 6.42. The fourth-order valence-electron chi connectivity index (χ4n) is 1.43. The molecule has 4 nitrogen and oxygen atoms in total. The van der Waals surface area contributed by atoms with E-state index in [1.807, 2.05) is 32.1 Å². The molecule has 1 rings (SSSR count). The number of ether oxygens (including phenoxy) is 1. The van der Waals surface area contributed by atoms with Crippen molar-refractivity contribution in [2.45, 2.75) is 19.6 Å². The van der Waals surface area contributed by atoms with Crippen LogP contribution in [0, 0.1) is 0 Å². The molecular weight excluding hydrogens is 308 g/mol. The molecule has 130 valence electrons. The number of carbonyl (C=O) groups excluding carboxylic acids is 1. The normalized spacial score (nSPS) is 10.1. The monoisotopic (exact) mass is 338 g/mol. The number of nitrogens with one attached hydrogen (secondary N) is 1. The Morgan fingerprint density at radius 3 is 2.52 bits per heavy atom. The van der Waals surface area contributed by atoms with Gasteiger partial charge < -0.3 is 15.8 Å². The van der Waals surface area contributed by atoms with Crippen LogP contribution in [0.2, 0.25) is 0 Å². The summed E-state index contributed by atoms with van der Waals surface area (Å²) in [6.07, 6.45) is 4.95. The van der Waals surface area contributed by atoms with Gasteiger partial charge >= 0.3 is 6.09 Å². The zero-order valence-electron chi connectivity index (χ0n) is 13.9. The minimum Gasteiger partial charge on any atom is -0.410 e. The fraction of sp³-hybridized carbons (Fsp3) is 0.278. The van der Waals surface area contributed by atoms with Gasteiger partial charge in [-0.25, -0.2) is 4.79 Å². The molecule has 0 aliphatic heterocycles. The van der Waals surface area contributed by atoms with Crippen molar-refractivity contribution in [3.05, 3.63) is 66.1 Å². The number of allylic oxidation sites excluding steroid dienone is 3. The van der Waals surface area contributed by atoms with Crippen LogP contribution in [0.3, 0.4) is 0 Å². The first-order valence-electron chi connectivity index (χ1n) is 7.52. The van der Waals surface area contributed by atoms with Crippen molar-refractivity contribution >= 4 is 17.9 Å². The van der Waals surface area contributed by atoms with E-state index in [1.54, 1.807) is 36.0 Å². The van der Waals surface area contributed by atoms with Gasteiger partial charge in [-0.05, 0) is 23.8 Å². The van der Waals surface area contributed by atoms with Crippen molar-refractivity contribution in [1.82, 2.24) is 5.32 Å². The molecule has 0 saturated heterocycles. The Balaban J connectivity index is -0.00000116. The number of hydrogen-bond donors (Lipinski definition) is 2. The summed E-state index contributed by atoms with van der Waals surface area (Å²) in [6.45, 7) is 12.2. The molecule has 0 heterocycles. The highest BCUT2D eigenvalue weighted by Crippen LogP contribution is 2.23. The van der Waals surface area contributed by atoms with Crippen LogP contribution in [0.5, 0.6) is 5.75 Å². The first-order valence-corrected chi connectivity index (χ1v) is 8.50. The number of rotatable bonds is 8. The molecule has 1 amide bonds. The number of nitrogens with two attached hydrogens (primary N) is 1. The van der Waals surface area contributed by atoms with Gasteiger partial charge in [0.25, 0.3) is 0 Å². The first kappa shape index (κ1) is 21.0.